The molecule has 1 aliphatic carbocycles. The van der Waals surface area contributed by atoms with Crippen molar-refractivity contribution in [3.05, 3.63) is 0 Å². The molecule has 0 aromatic rings. The highest BCUT2D eigenvalue weighted by atomic mass is 16.4. The Hall–Kier alpha value is -1.10. The first-order valence-corrected chi connectivity index (χ1v) is 5.91. The van der Waals surface area contributed by atoms with Crippen LogP contribution in [0.15, 0.2) is 0 Å². The van der Waals surface area contributed by atoms with Crippen LogP contribution in [0.1, 0.15) is 19.3 Å². The molecule has 0 aromatic heterocycles. The maximum Gasteiger partial charge on any atom is 0.306 e. The highest BCUT2D eigenvalue weighted by Crippen LogP contribution is 2.32. The van der Waals surface area contributed by atoms with Crippen molar-refractivity contribution in [1.82, 2.24) is 10.2 Å². The summed E-state index contributed by atoms with van der Waals surface area (Å²) in [6.07, 6.45) is 1.91. The van der Waals surface area contributed by atoms with E-state index in [-0.39, 0.29) is 17.7 Å². The molecule has 1 saturated heterocycles. The topological polar surface area (TPSA) is 69.6 Å². The van der Waals surface area contributed by atoms with Gasteiger partial charge in [-0.15, -0.1) is 0 Å². The van der Waals surface area contributed by atoms with Gasteiger partial charge in [-0.25, -0.2) is 0 Å². The van der Waals surface area contributed by atoms with Crippen LogP contribution >= 0.6 is 0 Å². The third-order valence-electron chi connectivity index (χ3n) is 3.56. The Labute approximate surface area is 94.8 Å². The van der Waals surface area contributed by atoms with Gasteiger partial charge in [-0.05, 0) is 19.3 Å². The van der Waals surface area contributed by atoms with Crippen LogP contribution in [0.5, 0.6) is 0 Å². The van der Waals surface area contributed by atoms with E-state index in [1.165, 1.54) is 0 Å². The third-order valence-corrected chi connectivity index (χ3v) is 3.56. The second-order valence-electron chi connectivity index (χ2n) is 4.62. The Morgan fingerprint density at radius 1 is 1.12 bits per heavy atom. The lowest BCUT2D eigenvalue weighted by Gasteiger charge is -2.29. The number of amides is 1. The Morgan fingerprint density at radius 3 is 2.31 bits per heavy atom. The van der Waals surface area contributed by atoms with E-state index >= 15 is 0 Å². The number of hydrogen-bond donors (Lipinski definition) is 2. The van der Waals surface area contributed by atoms with E-state index in [1.54, 1.807) is 0 Å². The van der Waals surface area contributed by atoms with Gasteiger partial charge in [0, 0.05) is 32.1 Å². The van der Waals surface area contributed by atoms with Gasteiger partial charge >= 0.3 is 5.97 Å². The molecular weight excluding hydrogens is 208 g/mol. The van der Waals surface area contributed by atoms with Crippen molar-refractivity contribution in [1.29, 1.82) is 0 Å². The minimum atomic E-state index is -0.754. The second kappa shape index (κ2) is 4.82. The number of nitrogens with one attached hydrogen (secondary N) is 1. The predicted molar refractivity (Wildman–Crippen MR) is 57.9 cm³/mol. The molecule has 2 N–H and O–H groups in total. The number of aliphatic carboxylic acids is 1. The summed E-state index contributed by atoms with van der Waals surface area (Å²) < 4.78 is 0. The number of rotatable bonds is 2. The summed E-state index contributed by atoms with van der Waals surface area (Å²) in [7, 11) is 0. The van der Waals surface area contributed by atoms with Gasteiger partial charge in [0.25, 0.3) is 0 Å². The van der Waals surface area contributed by atoms with Crippen LogP contribution in [0, 0.1) is 11.8 Å². The molecule has 0 radical (unpaired) electrons. The fourth-order valence-electron chi connectivity index (χ4n) is 2.57. The number of carboxylic acids is 1. The lowest BCUT2D eigenvalue weighted by atomic mass is 10.0. The van der Waals surface area contributed by atoms with Gasteiger partial charge in [0.15, 0.2) is 0 Å². The van der Waals surface area contributed by atoms with Gasteiger partial charge in [-0.3, -0.25) is 9.59 Å². The van der Waals surface area contributed by atoms with Crippen LogP contribution in [0.25, 0.3) is 0 Å². The summed E-state index contributed by atoms with van der Waals surface area (Å²) >= 11 is 0. The highest BCUT2D eigenvalue weighted by Gasteiger charge is 2.35. The largest absolute Gasteiger partial charge is 0.481 e. The average Bonchev–Trinajstić information content (AvgIpc) is 2.78. The molecule has 1 amide bonds. The standard InChI is InChI=1S/C11H18N2O3/c14-10(13-5-3-12-4-6-13)8-1-2-9(7-8)11(15)16/h8-9,12H,1-7H2,(H,15,16). The molecule has 0 spiro atoms. The number of piperazine rings is 1. The summed E-state index contributed by atoms with van der Waals surface area (Å²) in [5.74, 6) is -0.961. The molecule has 1 aliphatic heterocycles. The zero-order valence-electron chi connectivity index (χ0n) is 9.32. The van der Waals surface area contributed by atoms with Crippen LogP contribution in [0.4, 0.5) is 0 Å². The van der Waals surface area contributed by atoms with E-state index in [1.807, 2.05) is 4.90 Å². The fourth-order valence-corrected chi connectivity index (χ4v) is 2.57. The van der Waals surface area contributed by atoms with E-state index in [4.69, 9.17) is 5.11 Å². The minimum Gasteiger partial charge on any atom is -0.481 e. The molecule has 2 aliphatic rings. The van der Waals surface area contributed by atoms with E-state index in [2.05, 4.69) is 5.32 Å². The summed E-state index contributed by atoms with van der Waals surface area (Å²) in [5, 5.41) is 12.1. The summed E-state index contributed by atoms with van der Waals surface area (Å²) in [4.78, 5) is 24.8. The van der Waals surface area contributed by atoms with E-state index in [9.17, 15) is 9.59 Å². The Balaban J connectivity index is 1.88. The average molecular weight is 226 g/mol. The molecule has 5 heteroatoms. The molecule has 0 aromatic carbocycles. The summed E-state index contributed by atoms with van der Waals surface area (Å²) in [5.41, 5.74) is 0. The van der Waals surface area contributed by atoms with Gasteiger partial charge in [0.05, 0.1) is 5.92 Å². The number of carbonyl (C=O) groups excluding carboxylic acids is 1. The highest BCUT2D eigenvalue weighted by molar-refractivity contribution is 5.81. The van der Waals surface area contributed by atoms with E-state index < -0.39 is 5.97 Å². The number of carbonyl (C=O) groups is 2. The molecule has 16 heavy (non-hydrogen) atoms. The van der Waals surface area contributed by atoms with Gasteiger partial charge in [0.2, 0.25) is 5.91 Å². The molecule has 2 fully saturated rings. The Bertz CT molecular complexity index is 287. The van der Waals surface area contributed by atoms with Crippen molar-refractivity contribution in [2.75, 3.05) is 26.2 Å². The summed E-state index contributed by atoms with van der Waals surface area (Å²) in [6, 6.07) is 0. The molecule has 1 heterocycles. The SMILES string of the molecule is O=C(O)C1CCC(C(=O)N2CCNCC2)C1. The van der Waals surface area contributed by atoms with Crippen molar-refractivity contribution in [3.63, 3.8) is 0 Å². The number of carboxylic acid groups (broad SMARTS) is 1. The Kier molecular flexibility index (Phi) is 3.43. The molecule has 0 bridgehead atoms. The molecule has 90 valence electrons. The number of nitrogens with zero attached hydrogens (tertiary/aromatic N) is 1. The molecule has 2 rings (SSSR count). The maximum absolute atomic E-state index is 12.1. The molecule has 5 nitrogen and oxygen atoms in total. The van der Waals surface area contributed by atoms with Gasteiger partial charge in [-0.2, -0.15) is 0 Å². The smallest absolute Gasteiger partial charge is 0.306 e. The first kappa shape index (κ1) is 11.4. The zero-order chi connectivity index (χ0) is 11.5. The zero-order valence-corrected chi connectivity index (χ0v) is 9.32. The minimum absolute atomic E-state index is 0.0563. The van der Waals surface area contributed by atoms with Crippen LogP contribution in [0.2, 0.25) is 0 Å². The van der Waals surface area contributed by atoms with Crippen LogP contribution in [0.3, 0.4) is 0 Å². The normalized spacial score (nSPS) is 30.4. The number of hydrogen-bond acceptors (Lipinski definition) is 3. The molecule has 1 saturated carbocycles. The quantitative estimate of drug-likeness (QED) is 0.691. The molecular formula is C11H18N2O3. The van der Waals surface area contributed by atoms with Crippen molar-refractivity contribution in [2.45, 2.75) is 19.3 Å². The van der Waals surface area contributed by atoms with Crippen LogP contribution < -0.4 is 5.32 Å². The van der Waals surface area contributed by atoms with E-state index in [0.29, 0.717) is 12.8 Å². The monoisotopic (exact) mass is 226 g/mol. The van der Waals surface area contributed by atoms with E-state index in [0.717, 1.165) is 32.6 Å². The first-order valence-electron chi connectivity index (χ1n) is 5.91. The van der Waals surface area contributed by atoms with Gasteiger partial charge < -0.3 is 15.3 Å². The van der Waals surface area contributed by atoms with Crippen LogP contribution in [-0.4, -0.2) is 48.1 Å². The van der Waals surface area contributed by atoms with Crippen molar-refractivity contribution >= 4 is 11.9 Å². The predicted octanol–water partition coefficient (Wildman–Crippen LogP) is -0.0809. The summed E-state index contributed by atoms with van der Waals surface area (Å²) in [6.45, 7) is 3.21. The van der Waals surface area contributed by atoms with Crippen molar-refractivity contribution < 1.29 is 14.7 Å². The first-order chi connectivity index (χ1) is 7.68. The van der Waals surface area contributed by atoms with Gasteiger partial charge in [0.1, 0.15) is 0 Å². The van der Waals surface area contributed by atoms with Gasteiger partial charge in [-0.1, -0.05) is 0 Å². The fraction of sp³-hybridized carbons (Fsp3) is 0.818. The van der Waals surface area contributed by atoms with Crippen molar-refractivity contribution in [2.24, 2.45) is 11.8 Å². The van der Waals surface area contributed by atoms with Crippen molar-refractivity contribution in [3.8, 4) is 0 Å². The second-order valence-corrected chi connectivity index (χ2v) is 4.62. The maximum atomic E-state index is 12.1. The lowest BCUT2D eigenvalue weighted by Crippen LogP contribution is -2.48. The molecule has 2 unspecified atom stereocenters. The lowest BCUT2D eigenvalue weighted by molar-refractivity contribution is -0.141. The van der Waals surface area contributed by atoms with Crippen LogP contribution in [-0.2, 0) is 9.59 Å². The third kappa shape index (κ3) is 2.35. The Morgan fingerprint density at radius 2 is 1.75 bits per heavy atom. The molecule has 2 atom stereocenters.